The van der Waals surface area contributed by atoms with E-state index in [1.807, 2.05) is 77.1 Å². The molecule has 0 aliphatic heterocycles. The monoisotopic (exact) mass is 540 g/mol. The predicted octanol–water partition coefficient (Wildman–Crippen LogP) is 9.62. The fraction of sp³-hybridized carbons (Fsp3) is 0.278. The minimum absolute atomic E-state index is 0. The first-order valence-electron chi connectivity index (χ1n) is 13.2. The van der Waals surface area contributed by atoms with E-state index in [0.29, 0.717) is 5.56 Å². The summed E-state index contributed by atoms with van der Waals surface area (Å²) in [6, 6.07) is 26.5. The maximum absolute atomic E-state index is 12.9. The molecular formula is C36H45FN2O. The van der Waals surface area contributed by atoms with Crippen LogP contribution in [0.5, 0.6) is 0 Å². The van der Waals surface area contributed by atoms with E-state index >= 15 is 0 Å². The number of nitrogens with zero attached hydrogens (tertiary/aromatic N) is 1. The van der Waals surface area contributed by atoms with Gasteiger partial charge in [0.1, 0.15) is 5.82 Å². The molecule has 4 rings (SSSR count). The van der Waals surface area contributed by atoms with Crippen LogP contribution in [0.2, 0.25) is 0 Å². The number of hydrogen-bond donors (Lipinski definition) is 1. The Morgan fingerprint density at radius 3 is 2.12 bits per heavy atom. The molecule has 0 saturated carbocycles. The molecule has 0 fully saturated rings. The number of pyridine rings is 1. The first kappa shape index (κ1) is 35.9. The van der Waals surface area contributed by atoms with E-state index in [4.69, 9.17) is 6.42 Å². The summed E-state index contributed by atoms with van der Waals surface area (Å²) in [5.74, 6) is 2.57. The number of rotatable bonds is 6. The molecule has 1 unspecified atom stereocenters. The minimum atomic E-state index is -0.144. The highest BCUT2D eigenvalue weighted by Gasteiger charge is 2.19. The van der Waals surface area contributed by atoms with E-state index in [-0.39, 0.29) is 31.1 Å². The molecule has 3 N–H and O–H groups in total. The van der Waals surface area contributed by atoms with Crippen molar-refractivity contribution in [1.29, 1.82) is 0 Å². The van der Waals surface area contributed by atoms with Crippen LogP contribution in [0.15, 0.2) is 84.9 Å². The molecular weight excluding hydrogens is 495 g/mol. The van der Waals surface area contributed by atoms with Gasteiger partial charge in [-0.15, -0.1) is 6.42 Å². The van der Waals surface area contributed by atoms with Gasteiger partial charge in [0.05, 0.1) is 5.69 Å². The first-order valence-corrected chi connectivity index (χ1v) is 13.2. The molecule has 0 aliphatic rings. The van der Waals surface area contributed by atoms with Crippen LogP contribution in [0.3, 0.4) is 0 Å². The van der Waals surface area contributed by atoms with Gasteiger partial charge in [-0.05, 0) is 68.1 Å². The minimum Gasteiger partial charge on any atom is -0.344 e. The number of hydrogen-bond acceptors (Lipinski definition) is 3. The van der Waals surface area contributed by atoms with Gasteiger partial charge < -0.3 is 6.15 Å². The average molecular weight is 541 g/mol. The van der Waals surface area contributed by atoms with Crippen LogP contribution < -0.4 is 6.15 Å². The maximum atomic E-state index is 12.9. The van der Waals surface area contributed by atoms with E-state index in [2.05, 4.69) is 42.1 Å². The zero-order valence-electron chi connectivity index (χ0n) is 24.1. The molecule has 1 heterocycles. The largest absolute Gasteiger partial charge is 0.344 e. The van der Waals surface area contributed by atoms with Crippen molar-refractivity contribution in [3.8, 4) is 23.6 Å². The highest BCUT2D eigenvalue weighted by Crippen LogP contribution is 2.24. The number of benzene rings is 3. The third kappa shape index (κ3) is 10.2. The quantitative estimate of drug-likeness (QED) is 0.196. The Bertz CT molecular complexity index is 1370. The predicted molar refractivity (Wildman–Crippen MR) is 170 cm³/mol. The first-order chi connectivity index (χ1) is 18.3. The molecule has 3 nitrogen and oxygen atoms in total. The molecule has 3 aromatic carbocycles. The van der Waals surface area contributed by atoms with Crippen molar-refractivity contribution in [3.63, 3.8) is 0 Å². The summed E-state index contributed by atoms with van der Waals surface area (Å²) in [7, 11) is 0. The molecule has 40 heavy (non-hydrogen) atoms. The Morgan fingerprint density at radius 1 is 0.925 bits per heavy atom. The molecule has 0 saturated heterocycles. The number of Topliss-reactive ketones (excluding diaryl/α,β-unsaturated/α-hetero) is 1. The SMILES string of the molecule is C.C#Cc1ccccc1-c1ccc(C(=O)C(C)Cc2ccc(C)cc2)c(C)n1.CC.CCc1cccc(F)c1.N. The van der Waals surface area contributed by atoms with Gasteiger partial charge in [0, 0.05) is 28.3 Å². The topological polar surface area (TPSA) is 65.0 Å². The second-order valence-corrected chi connectivity index (χ2v) is 8.96. The van der Waals surface area contributed by atoms with Crippen molar-refractivity contribution >= 4 is 5.78 Å². The number of ketones is 1. The molecule has 0 bridgehead atoms. The van der Waals surface area contributed by atoms with Gasteiger partial charge >= 0.3 is 0 Å². The zero-order valence-corrected chi connectivity index (χ0v) is 24.1. The lowest BCUT2D eigenvalue weighted by molar-refractivity contribution is 0.0928. The van der Waals surface area contributed by atoms with Gasteiger partial charge in [-0.3, -0.25) is 9.78 Å². The number of halogens is 1. The van der Waals surface area contributed by atoms with Gasteiger partial charge in [0.15, 0.2) is 5.78 Å². The van der Waals surface area contributed by atoms with E-state index < -0.39 is 0 Å². The molecule has 4 heteroatoms. The van der Waals surface area contributed by atoms with Crippen molar-refractivity contribution in [3.05, 3.63) is 124 Å². The van der Waals surface area contributed by atoms with Crippen LogP contribution in [0.1, 0.15) is 73.4 Å². The smallest absolute Gasteiger partial charge is 0.167 e. The van der Waals surface area contributed by atoms with Gasteiger partial charge in [0.25, 0.3) is 0 Å². The summed E-state index contributed by atoms with van der Waals surface area (Å²) in [6.45, 7) is 11.9. The van der Waals surface area contributed by atoms with Gasteiger partial charge in [-0.2, -0.15) is 0 Å². The average Bonchev–Trinajstić information content (AvgIpc) is 2.95. The van der Waals surface area contributed by atoms with Crippen molar-refractivity contribution < 1.29 is 9.18 Å². The fourth-order valence-corrected chi connectivity index (χ4v) is 4.00. The summed E-state index contributed by atoms with van der Waals surface area (Å²) >= 11 is 0. The summed E-state index contributed by atoms with van der Waals surface area (Å²) < 4.78 is 12.4. The van der Waals surface area contributed by atoms with Crippen LogP contribution >= 0.6 is 0 Å². The standard InChI is InChI=1S/C25H23NO.C8H9F.C2H6.CH4.H3N/c1-5-21-8-6-7-9-23(21)24-15-14-22(19(4)26-24)25(27)18(3)16-20-12-10-17(2)11-13-20;1-2-7-4-3-5-8(9)6-7;1-2;;/h1,6-15,18H,16H2,2-4H3;3-6H,2H2,1H3;1-2H3;1H4;1H3. The third-order valence-electron chi connectivity index (χ3n) is 6.12. The Hall–Kier alpha value is -4.07. The van der Waals surface area contributed by atoms with Crippen molar-refractivity contribution in [2.45, 2.75) is 61.8 Å². The van der Waals surface area contributed by atoms with E-state index in [9.17, 15) is 9.18 Å². The number of carbonyl (C=O) groups excluding carboxylic acids is 1. The lowest BCUT2D eigenvalue weighted by Gasteiger charge is -2.13. The van der Waals surface area contributed by atoms with Gasteiger partial charge in [-0.1, -0.05) is 101 Å². The van der Waals surface area contributed by atoms with E-state index in [0.717, 1.165) is 40.9 Å². The van der Waals surface area contributed by atoms with E-state index in [1.54, 1.807) is 12.1 Å². The summed E-state index contributed by atoms with van der Waals surface area (Å²) in [4.78, 5) is 17.6. The molecule has 4 aromatic rings. The molecule has 0 aliphatic carbocycles. The number of aromatic nitrogens is 1. The van der Waals surface area contributed by atoms with Gasteiger partial charge in [-0.25, -0.2) is 4.39 Å². The Labute approximate surface area is 241 Å². The van der Waals surface area contributed by atoms with Crippen LogP contribution in [-0.4, -0.2) is 10.8 Å². The van der Waals surface area contributed by atoms with Crippen LogP contribution in [0.4, 0.5) is 4.39 Å². The summed E-state index contributed by atoms with van der Waals surface area (Å²) in [5, 5.41) is 0. The number of terminal acetylenes is 1. The zero-order chi connectivity index (χ0) is 28.1. The van der Waals surface area contributed by atoms with Crippen molar-refractivity contribution in [1.82, 2.24) is 11.1 Å². The van der Waals surface area contributed by atoms with Crippen molar-refractivity contribution in [2.24, 2.45) is 5.92 Å². The summed E-state index contributed by atoms with van der Waals surface area (Å²) in [6.07, 6.45) is 7.22. The van der Waals surface area contributed by atoms with Crippen LogP contribution in [0, 0.1) is 37.9 Å². The highest BCUT2D eigenvalue weighted by atomic mass is 19.1. The molecule has 212 valence electrons. The molecule has 1 aromatic heterocycles. The third-order valence-corrected chi connectivity index (χ3v) is 6.12. The van der Waals surface area contributed by atoms with E-state index in [1.165, 1.54) is 17.2 Å². The number of aryl methyl sites for hydroxylation is 3. The van der Waals surface area contributed by atoms with Crippen LogP contribution in [0.25, 0.3) is 11.3 Å². The Morgan fingerprint density at radius 2 is 1.57 bits per heavy atom. The lowest BCUT2D eigenvalue weighted by Crippen LogP contribution is -2.16. The second kappa shape index (κ2) is 18.3. The maximum Gasteiger partial charge on any atom is 0.167 e. The molecule has 0 spiro atoms. The second-order valence-electron chi connectivity index (χ2n) is 8.96. The Balaban J connectivity index is 0.000000993. The summed E-state index contributed by atoms with van der Waals surface area (Å²) in [5.41, 5.74) is 7.37. The molecule has 0 radical (unpaired) electrons. The normalized spacial score (nSPS) is 10.2. The van der Waals surface area contributed by atoms with Crippen molar-refractivity contribution in [2.75, 3.05) is 0 Å². The molecule has 0 amide bonds. The Kier molecular flexibility index (Phi) is 16.4. The fourth-order valence-electron chi connectivity index (χ4n) is 4.00. The highest BCUT2D eigenvalue weighted by molar-refractivity contribution is 5.99. The van der Waals surface area contributed by atoms with Crippen LogP contribution in [-0.2, 0) is 12.8 Å². The number of carbonyl (C=O) groups is 1. The lowest BCUT2D eigenvalue weighted by atomic mass is 9.91. The molecule has 1 atom stereocenters. The van der Waals surface area contributed by atoms with Gasteiger partial charge in [0.2, 0.25) is 0 Å².